The molecule has 2 aliphatic heterocycles. The molecule has 0 N–H and O–H groups in total. The van der Waals surface area contributed by atoms with Crippen molar-refractivity contribution in [2.24, 2.45) is 0 Å². The zero-order valence-corrected chi connectivity index (χ0v) is 15.8. The smallest absolute Gasteiger partial charge is 0.0587 e. The molecule has 1 heteroatoms. The Bertz CT molecular complexity index is 874. The summed E-state index contributed by atoms with van der Waals surface area (Å²) in [5.74, 6) is 0. The summed E-state index contributed by atoms with van der Waals surface area (Å²) in [5.41, 5.74) is 11.2. The highest BCUT2D eigenvalue weighted by Crippen LogP contribution is 2.41. The summed E-state index contributed by atoms with van der Waals surface area (Å²) < 4.78 is 0. The SMILES string of the molecule is C=C/C=C(\C)C1Cc2cc(C)c(C)cc2C2=CC(=C)C(C(=C)C)=CN21. The Balaban J connectivity index is 2.22. The predicted molar refractivity (Wildman–Crippen MR) is 109 cm³/mol. The Kier molecular flexibility index (Phi) is 4.43. The van der Waals surface area contributed by atoms with Gasteiger partial charge in [0.1, 0.15) is 0 Å². The van der Waals surface area contributed by atoms with E-state index in [0.29, 0.717) is 6.04 Å². The van der Waals surface area contributed by atoms with Gasteiger partial charge in [0, 0.05) is 17.5 Å². The van der Waals surface area contributed by atoms with Gasteiger partial charge in [-0.05, 0) is 79.7 Å². The number of fused-ring (bicyclic) bond motifs is 3. The lowest BCUT2D eigenvalue weighted by Gasteiger charge is -2.42. The molecular formula is C24H27N. The molecule has 0 saturated carbocycles. The van der Waals surface area contributed by atoms with E-state index in [1.165, 1.54) is 33.5 Å². The van der Waals surface area contributed by atoms with Gasteiger partial charge < -0.3 is 4.90 Å². The third-order valence-corrected chi connectivity index (χ3v) is 5.31. The van der Waals surface area contributed by atoms with Crippen LogP contribution in [0.2, 0.25) is 0 Å². The highest BCUT2D eigenvalue weighted by molar-refractivity contribution is 5.77. The van der Waals surface area contributed by atoms with Crippen molar-refractivity contribution in [1.29, 1.82) is 0 Å². The lowest BCUT2D eigenvalue weighted by atomic mass is 9.83. The maximum absolute atomic E-state index is 4.26. The molecule has 2 aliphatic rings. The summed E-state index contributed by atoms with van der Waals surface area (Å²) in [5, 5.41) is 0. The molecule has 2 heterocycles. The first-order valence-electron chi connectivity index (χ1n) is 8.80. The molecule has 1 atom stereocenters. The van der Waals surface area contributed by atoms with Crippen LogP contribution >= 0.6 is 0 Å². The summed E-state index contributed by atoms with van der Waals surface area (Å²) in [6.07, 6.45) is 9.43. The van der Waals surface area contributed by atoms with Crippen LogP contribution in [-0.4, -0.2) is 10.9 Å². The van der Waals surface area contributed by atoms with Gasteiger partial charge in [-0.2, -0.15) is 0 Å². The maximum Gasteiger partial charge on any atom is 0.0587 e. The zero-order chi connectivity index (χ0) is 18.3. The Labute approximate surface area is 152 Å². The molecule has 0 spiro atoms. The molecule has 25 heavy (non-hydrogen) atoms. The first-order valence-corrected chi connectivity index (χ1v) is 8.80. The van der Waals surface area contributed by atoms with E-state index < -0.39 is 0 Å². The number of hydrogen-bond donors (Lipinski definition) is 0. The van der Waals surface area contributed by atoms with E-state index in [4.69, 9.17) is 0 Å². The van der Waals surface area contributed by atoms with E-state index >= 15 is 0 Å². The number of benzene rings is 1. The number of hydrogen-bond acceptors (Lipinski definition) is 1. The van der Waals surface area contributed by atoms with E-state index in [1.807, 2.05) is 13.0 Å². The van der Waals surface area contributed by atoms with Gasteiger partial charge in [0.15, 0.2) is 0 Å². The van der Waals surface area contributed by atoms with Crippen LogP contribution in [0, 0.1) is 13.8 Å². The summed E-state index contributed by atoms with van der Waals surface area (Å²) >= 11 is 0. The van der Waals surface area contributed by atoms with Crippen LogP contribution in [0.5, 0.6) is 0 Å². The fourth-order valence-electron chi connectivity index (χ4n) is 3.74. The summed E-state index contributed by atoms with van der Waals surface area (Å²) in [6, 6.07) is 4.96. The van der Waals surface area contributed by atoms with Gasteiger partial charge in [0.25, 0.3) is 0 Å². The monoisotopic (exact) mass is 329 g/mol. The molecule has 1 unspecified atom stereocenters. The Morgan fingerprint density at radius 3 is 2.52 bits per heavy atom. The van der Waals surface area contributed by atoms with E-state index in [0.717, 1.165) is 23.1 Å². The minimum absolute atomic E-state index is 0.293. The summed E-state index contributed by atoms with van der Waals surface area (Å²) in [4.78, 5) is 2.39. The van der Waals surface area contributed by atoms with Crippen LogP contribution in [0.4, 0.5) is 0 Å². The molecule has 1 nitrogen and oxygen atoms in total. The molecule has 0 saturated heterocycles. The summed E-state index contributed by atoms with van der Waals surface area (Å²) in [6.45, 7) is 20.9. The van der Waals surface area contributed by atoms with Crippen LogP contribution in [0.3, 0.4) is 0 Å². The van der Waals surface area contributed by atoms with Crippen LogP contribution in [0.15, 0.2) is 78.6 Å². The van der Waals surface area contributed by atoms with Crippen LogP contribution in [-0.2, 0) is 6.42 Å². The highest BCUT2D eigenvalue weighted by atomic mass is 15.2. The average molecular weight is 329 g/mol. The van der Waals surface area contributed by atoms with Crippen molar-refractivity contribution in [3.05, 3.63) is 101 Å². The van der Waals surface area contributed by atoms with E-state index in [1.54, 1.807) is 0 Å². The van der Waals surface area contributed by atoms with Crippen molar-refractivity contribution in [2.45, 2.75) is 40.2 Å². The van der Waals surface area contributed by atoms with Crippen molar-refractivity contribution < 1.29 is 0 Å². The average Bonchev–Trinajstić information content (AvgIpc) is 2.55. The van der Waals surface area contributed by atoms with E-state index in [9.17, 15) is 0 Å². The molecule has 128 valence electrons. The van der Waals surface area contributed by atoms with Crippen molar-refractivity contribution in [3.8, 4) is 0 Å². The van der Waals surface area contributed by atoms with Gasteiger partial charge >= 0.3 is 0 Å². The van der Waals surface area contributed by atoms with Crippen LogP contribution in [0.1, 0.15) is 36.1 Å². The number of nitrogens with zero attached hydrogens (tertiary/aromatic N) is 1. The standard InChI is InChI=1S/C24H27N/c1-8-9-16(4)23-13-20-10-17(5)18(6)11-21(20)24-12-19(7)22(15(2)3)14-25(23)24/h8-12,14,23H,1-2,7,13H2,3-6H3/b16-9+. The Hall–Kier alpha value is -2.54. The van der Waals surface area contributed by atoms with Gasteiger partial charge in [0.2, 0.25) is 0 Å². The Morgan fingerprint density at radius 1 is 1.20 bits per heavy atom. The lowest BCUT2D eigenvalue weighted by molar-refractivity contribution is 0.406. The largest absolute Gasteiger partial charge is 0.339 e. The lowest BCUT2D eigenvalue weighted by Crippen LogP contribution is -2.38. The van der Waals surface area contributed by atoms with E-state index in [2.05, 4.69) is 75.9 Å². The van der Waals surface area contributed by atoms with Crippen molar-refractivity contribution >= 4 is 5.70 Å². The second-order valence-corrected chi connectivity index (χ2v) is 7.25. The minimum Gasteiger partial charge on any atom is -0.339 e. The first kappa shape index (κ1) is 17.3. The molecule has 0 fully saturated rings. The normalized spacial score (nSPS) is 19.7. The van der Waals surface area contributed by atoms with Crippen LogP contribution in [0.25, 0.3) is 5.70 Å². The third kappa shape index (κ3) is 2.95. The Morgan fingerprint density at radius 2 is 1.88 bits per heavy atom. The molecule has 0 amide bonds. The molecule has 0 radical (unpaired) electrons. The van der Waals surface area contributed by atoms with Crippen molar-refractivity contribution in [2.75, 3.05) is 0 Å². The molecule has 0 bridgehead atoms. The van der Waals surface area contributed by atoms with Gasteiger partial charge in [0.05, 0.1) is 6.04 Å². The number of allylic oxidation sites excluding steroid dienone is 6. The van der Waals surface area contributed by atoms with E-state index in [-0.39, 0.29) is 0 Å². The zero-order valence-electron chi connectivity index (χ0n) is 15.8. The second-order valence-electron chi connectivity index (χ2n) is 7.25. The molecule has 1 aromatic carbocycles. The highest BCUT2D eigenvalue weighted by Gasteiger charge is 2.32. The third-order valence-electron chi connectivity index (χ3n) is 5.31. The quantitative estimate of drug-likeness (QED) is 0.612. The van der Waals surface area contributed by atoms with Gasteiger partial charge in [-0.15, -0.1) is 0 Å². The molecular weight excluding hydrogens is 302 g/mol. The van der Waals surface area contributed by atoms with Gasteiger partial charge in [-0.1, -0.05) is 43.5 Å². The fourth-order valence-corrected chi connectivity index (χ4v) is 3.74. The predicted octanol–water partition coefficient (Wildman–Crippen LogP) is 6.03. The number of rotatable bonds is 3. The molecule has 0 aromatic heterocycles. The first-order chi connectivity index (χ1) is 11.8. The summed E-state index contributed by atoms with van der Waals surface area (Å²) in [7, 11) is 0. The minimum atomic E-state index is 0.293. The fraction of sp³-hybridized carbons (Fsp3) is 0.250. The van der Waals surface area contributed by atoms with Crippen LogP contribution < -0.4 is 0 Å². The molecule has 3 rings (SSSR count). The number of aryl methyl sites for hydroxylation is 2. The van der Waals surface area contributed by atoms with Crippen molar-refractivity contribution in [1.82, 2.24) is 4.90 Å². The molecule has 0 aliphatic carbocycles. The second kappa shape index (κ2) is 6.40. The van der Waals surface area contributed by atoms with Crippen molar-refractivity contribution in [3.63, 3.8) is 0 Å². The molecule has 1 aromatic rings. The maximum atomic E-state index is 4.26. The topological polar surface area (TPSA) is 3.24 Å². The van der Waals surface area contributed by atoms with Gasteiger partial charge in [-0.25, -0.2) is 0 Å². The van der Waals surface area contributed by atoms with Gasteiger partial charge in [-0.3, -0.25) is 0 Å².